The number of sulfone groups is 1. The van der Waals surface area contributed by atoms with E-state index in [1.807, 2.05) is 11.9 Å². The van der Waals surface area contributed by atoms with Crippen LogP contribution < -0.4 is 5.32 Å². The SMILES string of the molecule is C=CC(N1CCN(C)CC1)S(=O)(=O)c1ccc(-c2c(O)[nH]c3ccc(C(=O)Nc4cccnc4)cc23)nc1. The molecule has 0 bridgehead atoms. The molecule has 1 aliphatic rings. The number of nitrogens with zero attached hydrogens (tertiary/aromatic N) is 4. The number of rotatable bonds is 7. The number of benzene rings is 1. The Hall–Kier alpha value is -4.06. The van der Waals surface area contributed by atoms with Crippen molar-refractivity contribution in [1.29, 1.82) is 0 Å². The van der Waals surface area contributed by atoms with Crippen LogP contribution >= 0.6 is 0 Å². The molecule has 1 saturated heterocycles. The Labute approximate surface area is 220 Å². The molecule has 1 amide bonds. The first kappa shape index (κ1) is 25.6. The Bertz CT molecular complexity index is 1580. The number of likely N-dealkylation sites (N-methyl/N-ethyl adjacent to an activating group) is 1. The van der Waals surface area contributed by atoms with Gasteiger partial charge < -0.3 is 20.3 Å². The number of hydrogen-bond acceptors (Lipinski definition) is 8. The van der Waals surface area contributed by atoms with Crippen molar-refractivity contribution in [1.82, 2.24) is 24.8 Å². The van der Waals surface area contributed by atoms with Crippen LogP contribution in [0.5, 0.6) is 5.88 Å². The Morgan fingerprint density at radius 3 is 2.61 bits per heavy atom. The van der Waals surface area contributed by atoms with E-state index in [0.29, 0.717) is 46.5 Å². The van der Waals surface area contributed by atoms with Crippen LogP contribution in [-0.4, -0.2) is 82.8 Å². The van der Waals surface area contributed by atoms with Crippen molar-refractivity contribution in [2.75, 3.05) is 38.5 Å². The van der Waals surface area contributed by atoms with E-state index in [-0.39, 0.29) is 16.7 Å². The van der Waals surface area contributed by atoms with E-state index in [0.717, 1.165) is 13.1 Å². The largest absolute Gasteiger partial charge is 0.494 e. The van der Waals surface area contributed by atoms with Gasteiger partial charge in [-0.3, -0.25) is 19.7 Å². The van der Waals surface area contributed by atoms with Crippen molar-refractivity contribution in [2.24, 2.45) is 0 Å². The molecule has 196 valence electrons. The number of nitrogens with one attached hydrogen (secondary N) is 2. The van der Waals surface area contributed by atoms with Crippen molar-refractivity contribution in [3.63, 3.8) is 0 Å². The normalized spacial score (nSPS) is 15.8. The van der Waals surface area contributed by atoms with Gasteiger partial charge in [0.1, 0.15) is 5.37 Å². The van der Waals surface area contributed by atoms with Gasteiger partial charge in [0.25, 0.3) is 5.91 Å². The first-order valence-electron chi connectivity index (χ1n) is 12.1. The Morgan fingerprint density at radius 1 is 1.16 bits per heavy atom. The number of piperazine rings is 1. The average molecular weight is 533 g/mol. The molecule has 1 unspecified atom stereocenters. The first-order chi connectivity index (χ1) is 18.3. The van der Waals surface area contributed by atoms with E-state index >= 15 is 0 Å². The molecule has 0 radical (unpaired) electrons. The molecule has 0 spiro atoms. The van der Waals surface area contributed by atoms with Crippen LogP contribution in [0, 0.1) is 0 Å². The molecule has 11 heteroatoms. The Kier molecular flexibility index (Phi) is 6.98. The predicted molar refractivity (Wildman–Crippen MR) is 146 cm³/mol. The summed E-state index contributed by atoms with van der Waals surface area (Å²) < 4.78 is 26.8. The third kappa shape index (κ3) is 4.91. The zero-order chi connectivity index (χ0) is 26.9. The minimum Gasteiger partial charge on any atom is -0.494 e. The van der Waals surface area contributed by atoms with Gasteiger partial charge in [0.15, 0.2) is 15.7 Å². The minimum absolute atomic E-state index is 0.0703. The van der Waals surface area contributed by atoms with Crippen LogP contribution in [0.25, 0.3) is 22.2 Å². The van der Waals surface area contributed by atoms with Crippen molar-refractivity contribution in [3.05, 3.63) is 79.3 Å². The maximum Gasteiger partial charge on any atom is 0.255 e. The van der Waals surface area contributed by atoms with Gasteiger partial charge in [-0.1, -0.05) is 6.08 Å². The fourth-order valence-corrected chi connectivity index (χ4v) is 6.20. The second-order valence-electron chi connectivity index (χ2n) is 9.19. The lowest BCUT2D eigenvalue weighted by atomic mass is 10.1. The van der Waals surface area contributed by atoms with Crippen molar-refractivity contribution in [2.45, 2.75) is 10.3 Å². The van der Waals surface area contributed by atoms with Crippen LogP contribution in [0.1, 0.15) is 10.4 Å². The second-order valence-corrected chi connectivity index (χ2v) is 11.2. The molecule has 5 rings (SSSR count). The number of fused-ring (bicyclic) bond motifs is 1. The summed E-state index contributed by atoms with van der Waals surface area (Å²) in [5.41, 5.74) is 2.28. The number of carbonyl (C=O) groups is 1. The molecule has 4 heterocycles. The lowest BCUT2D eigenvalue weighted by molar-refractivity contribution is 0.102. The fraction of sp³-hybridized carbons (Fsp3) is 0.222. The van der Waals surface area contributed by atoms with Gasteiger partial charge in [-0.2, -0.15) is 0 Å². The molecule has 4 aromatic rings. The summed E-state index contributed by atoms with van der Waals surface area (Å²) in [6.07, 6.45) is 5.92. The van der Waals surface area contributed by atoms with Crippen LogP contribution in [0.15, 0.2) is 78.6 Å². The fourth-order valence-electron chi connectivity index (χ4n) is 4.60. The molecule has 0 aliphatic carbocycles. The Morgan fingerprint density at radius 2 is 1.95 bits per heavy atom. The van der Waals surface area contributed by atoms with E-state index in [9.17, 15) is 18.3 Å². The number of H-pyrrole nitrogens is 1. The van der Waals surface area contributed by atoms with Gasteiger partial charge in [0.05, 0.1) is 28.0 Å². The summed E-state index contributed by atoms with van der Waals surface area (Å²) in [5, 5.41) is 13.2. The highest BCUT2D eigenvalue weighted by Gasteiger charge is 2.32. The zero-order valence-corrected chi connectivity index (χ0v) is 21.6. The third-order valence-corrected chi connectivity index (χ3v) is 8.72. The molecule has 0 saturated carbocycles. The molecule has 1 fully saturated rings. The van der Waals surface area contributed by atoms with Gasteiger partial charge in [0.2, 0.25) is 0 Å². The molecule has 10 nitrogen and oxygen atoms in total. The first-order valence-corrected chi connectivity index (χ1v) is 13.6. The molecule has 38 heavy (non-hydrogen) atoms. The number of aromatic nitrogens is 3. The van der Waals surface area contributed by atoms with Crippen LogP contribution in [0.3, 0.4) is 0 Å². The maximum atomic E-state index is 13.4. The highest BCUT2D eigenvalue weighted by atomic mass is 32.2. The van der Waals surface area contributed by atoms with Crippen molar-refractivity contribution >= 4 is 32.3 Å². The summed E-state index contributed by atoms with van der Waals surface area (Å²) in [7, 11) is -1.75. The second kappa shape index (κ2) is 10.4. The number of amides is 1. The van der Waals surface area contributed by atoms with Gasteiger partial charge in [-0.25, -0.2) is 8.42 Å². The number of carbonyl (C=O) groups excluding carboxylic acids is 1. The maximum absolute atomic E-state index is 13.4. The van der Waals surface area contributed by atoms with Gasteiger partial charge in [-0.15, -0.1) is 6.58 Å². The van der Waals surface area contributed by atoms with Gasteiger partial charge in [-0.05, 0) is 49.5 Å². The van der Waals surface area contributed by atoms with E-state index in [4.69, 9.17) is 0 Å². The van der Waals surface area contributed by atoms with E-state index in [2.05, 4.69) is 31.7 Å². The van der Waals surface area contributed by atoms with Crippen LogP contribution in [0.2, 0.25) is 0 Å². The third-order valence-electron chi connectivity index (χ3n) is 6.70. The topological polar surface area (TPSA) is 132 Å². The molecule has 1 atom stereocenters. The van der Waals surface area contributed by atoms with E-state index in [1.54, 1.807) is 48.8 Å². The summed E-state index contributed by atoms with van der Waals surface area (Å²) in [6.45, 7) is 6.57. The van der Waals surface area contributed by atoms with Crippen molar-refractivity contribution in [3.8, 4) is 17.1 Å². The van der Waals surface area contributed by atoms with E-state index in [1.165, 1.54) is 18.3 Å². The summed E-state index contributed by atoms with van der Waals surface area (Å²) in [4.78, 5) is 28.2. The highest BCUT2D eigenvalue weighted by molar-refractivity contribution is 7.92. The predicted octanol–water partition coefficient (Wildman–Crippen LogP) is 3.12. The Balaban J connectivity index is 1.44. The number of hydrogen-bond donors (Lipinski definition) is 3. The van der Waals surface area contributed by atoms with Crippen LogP contribution in [-0.2, 0) is 9.84 Å². The molecule has 1 aliphatic heterocycles. The van der Waals surface area contributed by atoms with Crippen LogP contribution in [0.4, 0.5) is 5.69 Å². The van der Waals surface area contributed by atoms with Gasteiger partial charge in [0, 0.05) is 55.0 Å². The monoisotopic (exact) mass is 532 g/mol. The molecular formula is C27H28N6O4S. The number of aromatic hydroxyl groups is 1. The number of aromatic amines is 1. The summed E-state index contributed by atoms with van der Waals surface area (Å²) in [6, 6.07) is 11.5. The minimum atomic E-state index is -3.76. The highest BCUT2D eigenvalue weighted by Crippen LogP contribution is 2.36. The number of pyridine rings is 2. The van der Waals surface area contributed by atoms with Crippen molar-refractivity contribution < 1.29 is 18.3 Å². The summed E-state index contributed by atoms with van der Waals surface area (Å²) in [5.74, 6) is -0.463. The molecular weight excluding hydrogens is 504 g/mol. The molecule has 3 N–H and O–H groups in total. The average Bonchev–Trinajstić information content (AvgIpc) is 3.25. The van der Waals surface area contributed by atoms with E-state index < -0.39 is 15.2 Å². The quantitative estimate of drug-likeness (QED) is 0.310. The lowest BCUT2D eigenvalue weighted by Crippen LogP contribution is -2.50. The molecule has 1 aromatic carbocycles. The lowest BCUT2D eigenvalue weighted by Gasteiger charge is -2.36. The summed E-state index contributed by atoms with van der Waals surface area (Å²) >= 11 is 0. The zero-order valence-electron chi connectivity index (χ0n) is 20.8. The van der Waals surface area contributed by atoms with Gasteiger partial charge >= 0.3 is 0 Å². The standard InChI is InChI=1S/C27H28N6O4S/c1-3-24(33-13-11-32(2)12-14-33)38(36,37)20-7-9-23(29-17-20)25-21-15-18(6-8-22(21)31-27(25)35)26(34)30-19-5-4-10-28-16-19/h3-10,15-17,24,31,35H,1,11-14H2,2H3,(H,30,34). The number of anilines is 1. The smallest absolute Gasteiger partial charge is 0.255 e. The molecule has 3 aromatic heterocycles.